The van der Waals surface area contributed by atoms with Crippen LogP contribution in [0.1, 0.15) is 24.5 Å². The van der Waals surface area contributed by atoms with Crippen LogP contribution in [-0.4, -0.2) is 17.8 Å². The highest BCUT2D eigenvalue weighted by Gasteiger charge is 2.45. The third-order valence-electron chi connectivity index (χ3n) is 3.76. The van der Waals surface area contributed by atoms with Crippen molar-refractivity contribution in [1.29, 1.82) is 0 Å². The van der Waals surface area contributed by atoms with Crippen molar-refractivity contribution >= 4 is 10.8 Å². The van der Waals surface area contributed by atoms with E-state index in [0.29, 0.717) is 0 Å². The molecule has 1 aliphatic rings. The van der Waals surface area contributed by atoms with Crippen molar-refractivity contribution in [2.24, 2.45) is 5.73 Å². The first kappa shape index (κ1) is 11.5. The average molecular weight is 243 g/mol. The SMILES string of the molecule is COc1ccc2cc(C(O)C3(N)CC3)ccc2c1. The zero-order valence-corrected chi connectivity index (χ0v) is 10.4. The van der Waals surface area contributed by atoms with Gasteiger partial charge in [0, 0.05) is 5.54 Å². The van der Waals surface area contributed by atoms with Crippen molar-refractivity contribution in [2.75, 3.05) is 7.11 Å². The van der Waals surface area contributed by atoms with Crippen LogP contribution in [0.2, 0.25) is 0 Å². The van der Waals surface area contributed by atoms with Crippen molar-refractivity contribution in [3.05, 3.63) is 42.0 Å². The maximum atomic E-state index is 10.2. The maximum Gasteiger partial charge on any atom is 0.119 e. The molecule has 3 nitrogen and oxygen atoms in total. The number of fused-ring (bicyclic) bond motifs is 1. The Kier molecular flexibility index (Phi) is 2.54. The first-order valence-corrected chi connectivity index (χ1v) is 6.17. The lowest BCUT2D eigenvalue weighted by Gasteiger charge is -2.18. The van der Waals surface area contributed by atoms with E-state index in [9.17, 15) is 5.11 Å². The van der Waals surface area contributed by atoms with Crippen LogP contribution in [0.3, 0.4) is 0 Å². The predicted octanol–water partition coefficient (Wildman–Crippen LogP) is 2.37. The summed E-state index contributed by atoms with van der Waals surface area (Å²) in [5, 5.41) is 12.4. The van der Waals surface area contributed by atoms with E-state index in [0.717, 1.165) is 34.9 Å². The molecule has 18 heavy (non-hydrogen) atoms. The van der Waals surface area contributed by atoms with Gasteiger partial charge in [-0.05, 0) is 47.4 Å². The van der Waals surface area contributed by atoms with Gasteiger partial charge < -0.3 is 15.6 Å². The molecule has 0 spiro atoms. The van der Waals surface area contributed by atoms with Crippen LogP contribution in [0.25, 0.3) is 10.8 Å². The highest BCUT2D eigenvalue weighted by atomic mass is 16.5. The van der Waals surface area contributed by atoms with E-state index >= 15 is 0 Å². The summed E-state index contributed by atoms with van der Waals surface area (Å²) < 4.78 is 5.19. The Morgan fingerprint density at radius 2 is 1.83 bits per heavy atom. The van der Waals surface area contributed by atoms with E-state index in [1.165, 1.54) is 0 Å². The summed E-state index contributed by atoms with van der Waals surface area (Å²) in [7, 11) is 1.66. The topological polar surface area (TPSA) is 55.5 Å². The number of hydrogen-bond acceptors (Lipinski definition) is 3. The number of methoxy groups -OCH3 is 1. The van der Waals surface area contributed by atoms with E-state index in [-0.39, 0.29) is 0 Å². The molecule has 94 valence electrons. The number of ether oxygens (including phenoxy) is 1. The van der Waals surface area contributed by atoms with Crippen LogP contribution < -0.4 is 10.5 Å². The molecule has 1 aliphatic carbocycles. The summed E-state index contributed by atoms with van der Waals surface area (Å²) in [5.41, 5.74) is 6.54. The first-order valence-electron chi connectivity index (χ1n) is 6.17. The predicted molar refractivity (Wildman–Crippen MR) is 71.6 cm³/mol. The van der Waals surface area contributed by atoms with Crippen molar-refractivity contribution in [3.63, 3.8) is 0 Å². The third kappa shape index (κ3) is 1.85. The lowest BCUT2D eigenvalue weighted by molar-refractivity contribution is 0.136. The summed E-state index contributed by atoms with van der Waals surface area (Å²) in [4.78, 5) is 0. The fraction of sp³-hybridized carbons (Fsp3) is 0.333. The highest BCUT2D eigenvalue weighted by molar-refractivity contribution is 5.84. The van der Waals surface area contributed by atoms with Crippen LogP contribution in [0.15, 0.2) is 36.4 Å². The minimum atomic E-state index is -0.566. The van der Waals surface area contributed by atoms with E-state index in [1.54, 1.807) is 7.11 Å². The summed E-state index contributed by atoms with van der Waals surface area (Å²) in [6.45, 7) is 0. The van der Waals surface area contributed by atoms with Crippen molar-refractivity contribution in [3.8, 4) is 5.75 Å². The molecular weight excluding hydrogens is 226 g/mol. The van der Waals surface area contributed by atoms with Crippen LogP contribution >= 0.6 is 0 Å². The van der Waals surface area contributed by atoms with Gasteiger partial charge in [0.15, 0.2) is 0 Å². The maximum absolute atomic E-state index is 10.2. The number of aliphatic hydroxyl groups is 1. The number of nitrogens with two attached hydrogens (primary N) is 1. The Hall–Kier alpha value is -1.58. The van der Waals surface area contributed by atoms with Crippen molar-refractivity contribution < 1.29 is 9.84 Å². The van der Waals surface area contributed by atoms with Crippen LogP contribution in [0, 0.1) is 0 Å². The molecule has 0 heterocycles. The summed E-state index contributed by atoms with van der Waals surface area (Å²) in [5.74, 6) is 0.841. The molecule has 3 N–H and O–H groups in total. The molecule has 0 bridgehead atoms. The van der Waals surface area contributed by atoms with Crippen molar-refractivity contribution in [2.45, 2.75) is 24.5 Å². The second kappa shape index (κ2) is 3.97. The van der Waals surface area contributed by atoms with Crippen molar-refractivity contribution in [1.82, 2.24) is 0 Å². The van der Waals surface area contributed by atoms with Gasteiger partial charge in [-0.2, -0.15) is 0 Å². The zero-order valence-electron chi connectivity index (χ0n) is 10.4. The molecular formula is C15H17NO2. The van der Waals surface area contributed by atoms with E-state index in [1.807, 2.05) is 36.4 Å². The van der Waals surface area contributed by atoms with E-state index < -0.39 is 11.6 Å². The molecule has 1 saturated carbocycles. The Labute approximate surface area is 106 Å². The fourth-order valence-electron chi connectivity index (χ4n) is 2.29. The fourth-order valence-corrected chi connectivity index (χ4v) is 2.29. The van der Waals surface area contributed by atoms with Gasteiger partial charge in [-0.25, -0.2) is 0 Å². The molecule has 2 aromatic carbocycles. The largest absolute Gasteiger partial charge is 0.497 e. The van der Waals surface area contributed by atoms with Crippen LogP contribution in [-0.2, 0) is 0 Å². The molecule has 3 heteroatoms. The molecule has 1 atom stereocenters. The molecule has 0 radical (unpaired) electrons. The van der Waals surface area contributed by atoms with Gasteiger partial charge in [-0.3, -0.25) is 0 Å². The Balaban J connectivity index is 2.01. The lowest BCUT2D eigenvalue weighted by atomic mass is 9.98. The standard InChI is InChI=1S/C15H17NO2/c1-18-13-5-4-10-8-12(3-2-11(10)9-13)14(17)15(16)6-7-15/h2-5,8-9,14,17H,6-7,16H2,1H3. The minimum Gasteiger partial charge on any atom is -0.497 e. The minimum absolute atomic E-state index is 0.403. The third-order valence-corrected chi connectivity index (χ3v) is 3.76. The second-order valence-electron chi connectivity index (χ2n) is 5.11. The molecule has 0 aromatic heterocycles. The number of rotatable bonds is 3. The van der Waals surface area contributed by atoms with Crippen LogP contribution in [0.4, 0.5) is 0 Å². The first-order chi connectivity index (χ1) is 8.62. The number of benzene rings is 2. The highest BCUT2D eigenvalue weighted by Crippen LogP contribution is 2.43. The summed E-state index contributed by atoms with van der Waals surface area (Å²) >= 11 is 0. The zero-order chi connectivity index (χ0) is 12.8. The van der Waals surface area contributed by atoms with E-state index in [4.69, 9.17) is 10.5 Å². The van der Waals surface area contributed by atoms with Gasteiger partial charge in [-0.1, -0.05) is 18.2 Å². The van der Waals surface area contributed by atoms with Gasteiger partial charge in [0.1, 0.15) is 5.75 Å². The van der Waals surface area contributed by atoms with Gasteiger partial charge in [-0.15, -0.1) is 0 Å². The van der Waals surface area contributed by atoms with Gasteiger partial charge >= 0.3 is 0 Å². The normalized spacial score (nSPS) is 18.6. The molecule has 0 aliphatic heterocycles. The molecule has 1 fully saturated rings. The molecule has 0 amide bonds. The lowest BCUT2D eigenvalue weighted by Crippen LogP contribution is -2.30. The smallest absolute Gasteiger partial charge is 0.119 e. The Morgan fingerprint density at radius 1 is 1.17 bits per heavy atom. The molecule has 3 rings (SSSR count). The average Bonchev–Trinajstić information content (AvgIpc) is 3.16. The molecule has 2 aromatic rings. The number of aliphatic hydroxyl groups excluding tert-OH is 1. The van der Waals surface area contributed by atoms with Crippen LogP contribution in [0.5, 0.6) is 5.75 Å². The number of hydrogen-bond donors (Lipinski definition) is 2. The van der Waals surface area contributed by atoms with Gasteiger partial charge in [0.05, 0.1) is 13.2 Å². The molecule has 1 unspecified atom stereocenters. The monoisotopic (exact) mass is 243 g/mol. The second-order valence-corrected chi connectivity index (χ2v) is 5.11. The molecule has 0 saturated heterocycles. The summed E-state index contributed by atoms with van der Waals surface area (Å²) in [6.07, 6.45) is 1.23. The Morgan fingerprint density at radius 3 is 2.50 bits per heavy atom. The van der Waals surface area contributed by atoms with Gasteiger partial charge in [0.2, 0.25) is 0 Å². The quantitative estimate of drug-likeness (QED) is 0.870. The summed E-state index contributed by atoms with van der Waals surface area (Å²) in [6, 6.07) is 11.9. The Bertz CT molecular complexity index is 590. The van der Waals surface area contributed by atoms with E-state index in [2.05, 4.69) is 0 Å². The van der Waals surface area contributed by atoms with Gasteiger partial charge in [0.25, 0.3) is 0 Å².